The summed E-state index contributed by atoms with van der Waals surface area (Å²) in [6.07, 6.45) is 4.32. The summed E-state index contributed by atoms with van der Waals surface area (Å²) < 4.78 is 5.81. The first-order valence-corrected chi connectivity index (χ1v) is 12.0. The van der Waals surface area contributed by atoms with Gasteiger partial charge in [-0.1, -0.05) is 75.6 Å². The van der Waals surface area contributed by atoms with Crippen LogP contribution in [0.5, 0.6) is 5.75 Å². The minimum absolute atomic E-state index is 0.0568. The zero-order valence-electron chi connectivity index (χ0n) is 20.7. The minimum atomic E-state index is -0.578. The Hall–Kier alpha value is -2.82. The summed E-state index contributed by atoms with van der Waals surface area (Å²) in [4.78, 5) is 27.8. The monoisotopic (exact) mass is 450 g/mol. The van der Waals surface area contributed by atoms with Crippen LogP contribution in [0.3, 0.4) is 0 Å². The standard InChI is InChI=1S/C28H38N2O3/c1-20-10-12-22(13-11-20)18-30(21(2)27(32)29-24-8-6-7-9-24)26(31)19-33-25-16-14-23(15-17-25)28(3,4)5/h10-17,21,24H,6-9,18-19H2,1-5H3,(H,29,32). The Bertz CT molecular complexity index is 923. The van der Waals surface area contributed by atoms with E-state index in [-0.39, 0.29) is 29.9 Å². The summed E-state index contributed by atoms with van der Waals surface area (Å²) in [5, 5.41) is 3.13. The normalized spacial score (nSPS) is 15.2. The van der Waals surface area contributed by atoms with Gasteiger partial charge in [0.05, 0.1) is 0 Å². The molecule has 0 saturated heterocycles. The molecule has 178 valence electrons. The van der Waals surface area contributed by atoms with E-state index >= 15 is 0 Å². The van der Waals surface area contributed by atoms with Gasteiger partial charge in [-0.15, -0.1) is 0 Å². The maximum atomic E-state index is 13.2. The van der Waals surface area contributed by atoms with Crippen molar-refractivity contribution in [3.63, 3.8) is 0 Å². The van der Waals surface area contributed by atoms with Crippen LogP contribution in [0.15, 0.2) is 48.5 Å². The molecule has 0 bridgehead atoms. The van der Waals surface area contributed by atoms with Crippen LogP contribution in [0.4, 0.5) is 0 Å². The average Bonchev–Trinajstić information content (AvgIpc) is 3.29. The molecule has 1 saturated carbocycles. The lowest BCUT2D eigenvalue weighted by atomic mass is 9.87. The third-order valence-electron chi connectivity index (χ3n) is 6.43. The van der Waals surface area contributed by atoms with E-state index in [1.807, 2.05) is 55.5 Å². The van der Waals surface area contributed by atoms with Crippen LogP contribution in [0.2, 0.25) is 0 Å². The second kappa shape index (κ2) is 10.9. The molecule has 3 rings (SSSR count). The van der Waals surface area contributed by atoms with Gasteiger partial charge in [-0.2, -0.15) is 0 Å². The zero-order valence-corrected chi connectivity index (χ0v) is 20.7. The van der Waals surface area contributed by atoms with Crippen LogP contribution in [-0.4, -0.2) is 35.4 Å². The molecular weight excluding hydrogens is 412 g/mol. The molecule has 33 heavy (non-hydrogen) atoms. The van der Waals surface area contributed by atoms with Crippen molar-refractivity contribution < 1.29 is 14.3 Å². The molecule has 1 fully saturated rings. The third-order valence-corrected chi connectivity index (χ3v) is 6.43. The number of amides is 2. The Kier molecular flexibility index (Phi) is 8.17. The molecule has 5 nitrogen and oxygen atoms in total. The van der Waals surface area contributed by atoms with E-state index < -0.39 is 6.04 Å². The first-order chi connectivity index (χ1) is 15.6. The van der Waals surface area contributed by atoms with E-state index in [4.69, 9.17) is 4.74 Å². The van der Waals surface area contributed by atoms with Crippen LogP contribution >= 0.6 is 0 Å². The Labute approximate surface area is 198 Å². The summed E-state index contributed by atoms with van der Waals surface area (Å²) in [6.45, 7) is 10.6. The highest BCUT2D eigenvalue weighted by molar-refractivity contribution is 5.88. The molecule has 0 heterocycles. The molecular formula is C28H38N2O3. The Morgan fingerprint density at radius 1 is 1.03 bits per heavy atom. The van der Waals surface area contributed by atoms with Gasteiger partial charge in [0.2, 0.25) is 5.91 Å². The number of ether oxygens (including phenoxy) is 1. The number of nitrogens with zero attached hydrogens (tertiary/aromatic N) is 1. The summed E-state index contributed by atoms with van der Waals surface area (Å²) in [5.74, 6) is 0.344. The third kappa shape index (κ3) is 7.08. The van der Waals surface area contributed by atoms with Gasteiger partial charge in [0.15, 0.2) is 6.61 Å². The Balaban J connectivity index is 1.69. The summed E-state index contributed by atoms with van der Waals surface area (Å²) >= 11 is 0. The molecule has 1 N–H and O–H groups in total. The van der Waals surface area contributed by atoms with Crippen LogP contribution in [0.25, 0.3) is 0 Å². The lowest BCUT2D eigenvalue weighted by molar-refractivity contribution is -0.142. The van der Waals surface area contributed by atoms with E-state index in [0.29, 0.717) is 12.3 Å². The molecule has 5 heteroatoms. The zero-order chi connectivity index (χ0) is 24.0. The minimum Gasteiger partial charge on any atom is -0.484 e. The molecule has 2 aromatic carbocycles. The summed E-state index contributed by atoms with van der Waals surface area (Å²) in [5.41, 5.74) is 3.41. The molecule has 0 aromatic heterocycles. The number of carbonyl (C=O) groups is 2. The maximum absolute atomic E-state index is 13.2. The molecule has 2 aromatic rings. The highest BCUT2D eigenvalue weighted by Crippen LogP contribution is 2.24. The topological polar surface area (TPSA) is 58.6 Å². The van der Waals surface area contributed by atoms with Crippen molar-refractivity contribution in [2.45, 2.75) is 84.3 Å². The van der Waals surface area contributed by atoms with E-state index in [2.05, 4.69) is 26.1 Å². The van der Waals surface area contributed by atoms with Crippen molar-refractivity contribution in [1.29, 1.82) is 0 Å². The molecule has 0 radical (unpaired) electrons. The lowest BCUT2D eigenvalue weighted by Gasteiger charge is -2.29. The van der Waals surface area contributed by atoms with E-state index in [0.717, 1.165) is 36.8 Å². The quantitative estimate of drug-likeness (QED) is 0.605. The van der Waals surface area contributed by atoms with Gasteiger partial charge in [-0.05, 0) is 55.4 Å². The van der Waals surface area contributed by atoms with Crippen molar-refractivity contribution in [2.75, 3.05) is 6.61 Å². The summed E-state index contributed by atoms with van der Waals surface area (Å²) in [7, 11) is 0. The number of rotatable bonds is 8. The van der Waals surface area contributed by atoms with Gasteiger partial charge in [0.1, 0.15) is 11.8 Å². The average molecular weight is 451 g/mol. The Morgan fingerprint density at radius 3 is 2.21 bits per heavy atom. The van der Waals surface area contributed by atoms with Crippen LogP contribution in [0.1, 0.15) is 70.1 Å². The van der Waals surface area contributed by atoms with Gasteiger partial charge < -0.3 is 15.0 Å². The number of nitrogens with one attached hydrogen (secondary N) is 1. The number of benzene rings is 2. The number of hydrogen-bond acceptors (Lipinski definition) is 3. The van der Waals surface area contributed by atoms with Crippen molar-refractivity contribution in [2.24, 2.45) is 0 Å². The molecule has 0 spiro atoms. The van der Waals surface area contributed by atoms with E-state index in [1.54, 1.807) is 11.8 Å². The highest BCUT2D eigenvalue weighted by Gasteiger charge is 2.28. The fraction of sp³-hybridized carbons (Fsp3) is 0.500. The van der Waals surface area contributed by atoms with Crippen molar-refractivity contribution in [3.8, 4) is 5.75 Å². The fourth-order valence-electron chi connectivity index (χ4n) is 4.14. The van der Waals surface area contributed by atoms with Crippen molar-refractivity contribution in [1.82, 2.24) is 10.2 Å². The molecule has 1 aliphatic rings. The number of hydrogen-bond donors (Lipinski definition) is 1. The SMILES string of the molecule is Cc1ccc(CN(C(=O)COc2ccc(C(C)(C)C)cc2)C(C)C(=O)NC2CCCC2)cc1. The van der Waals surface area contributed by atoms with Gasteiger partial charge in [0.25, 0.3) is 5.91 Å². The fourth-order valence-corrected chi connectivity index (χ4v) is 4.14. The van der Waals surface area contributed by atoms with Gasteiger partial charge >= 0.3 is 0 Å². The van der Waals surface area contributed by atoms with Gasteiger partial charge in [-0.25, -0.2) is 0 Å². The molecule has 0 aliphatic heterocycles. The lowest BCUT2D eigenvalue weighted by Crippen LogP contribution is -2.50. The number of carbonyl (C=O) groups excluding carboxylic acids is 2. The van der Waals surface area contributed by atoms with Crippen LogP contribution in [-0.2, 0) is 21.5 Å². The predicted molar refractivity (Wildman–Crippen MR) is 132 cm³/mol. The van der Waals surface area contributed by atoms with Gasteiger partial charge in [-0.3, -0.25) is 9.59 Å². The molecule has 2 amide bonds. The first-order valence-electron chi connectivity index (χ1n) is 12.0. The van der Waals surface area contributed by atoms with Crippen LogP contribution in [0, 0.1) is 6.92 Å². The first kappa shape index (κ1) is 24.8. The highest BCUT2D eigenvalue weighted by atomic mass is 16.5. The second-order valence-corrected chi connectivity index (χ2v) is 10.2. The van der Waals surface area contributed by atoms with E-state index in [9.17, 15) is 9.59 Å². The molecule has 1 unspecified atom stereocenters. The largest absolute Gasteiger partial charge is 0.484 e. The predicted octanol–water partition coefficient (Wildman–Crippen LogP) is 5.15. The van der Waals surface area contributed by atoms with Crippen molar-refractivity contribution in [3.05, 3.63) is 65.2 Å². The maximum Gasteiger partial charge on any atom is 0.261 e. The van der Waals surface area contributed by atoms with Crippen molar-refractivity contribution >= 4 is 11.8 Å². The van der Waals surface area contributed by atoms with Gasteiger partial charge in [0, 0.05) is 12.6 Å². The molecule has 1 atom stereocenters. The smallest absolute Gasteiger partial charge is 0.261 e. The number of aryl methyl sites for hydroxylation is 1. The second-order valence-electron chi connectivity index (χ2n) is 10.2. The van der Waals surface area contributed by atoms with Crippen LogP contribution < -0.4 is 10.1 Å². The Morgan fingerprint density at radius 2 is 1.64 bits per heavy atom. The summed E-state index contributed by atoms with van der Waals surface area (Å²) in [6, 6.07) is 15.5. The molecule has 1 aliphatic carbocycles. The van der Waals surface area contributed by atoms with E-state index in [1.165, 1.54) is 5.56 Å².